The van der Waals surface area contributed by atoms with Gasteiger partial charge in [-0.05, 0) is 24.3 Å². The van der Waals surface area contributed by atoms with Crippen LogP contribution in [0.15, 0.2) is 68.8 Å². The first-order valence-electron chi connectivity index (χ1n) is 5.94. The lowest BCUT2D eigenvalue weighted by Crippen LogP contribution is -2.22. The van der Waals surface area contributed by atoms with Gasteiger partial charge in [0.2, 0.25) is 5.55 Å². The van der Waals surface area contributed by atoms with Crippen molar-refractivity contribution in [1.82, 2.24) is 4.57 Å². The number of hydrogen-bond donors (Lipinski definition) is 0. The third-order valence-electron chi connectivity index (χ3n) is 2.94. The highest BCUT2D eigenvalue weighted by Gasteiger charge is 2.04. The number of fused-ring (bicyclic) bond motifs is 1. The van der Waals surface area contributed by atoms with Crippen molar-refractivity contribution in [2.24, 2.45) is 12.0 Å². The molecule has 4 nitrogen and oxygen atoms in total. The highest BCUT2D eigenvalue weighted by atomic mass is 16.4. The fourth-order valence-corrected chi connectivity index (χ4v) is 1.95. The molecular formula is C15H12N2O2. The molecule has 19 heavy (non-hydrogen) atoms. The van der Waals surface area contributed by atoms with Crippen molar-refractivity contribution in [2.75, 3.05) is 0 Å². The smallest absolute Gasteiger partial charge is 0.390 e. The predicted octanol–water partition coefficient (Wildman–Crippen LogP) is 2.36. The van der Waals surface area contributed by atoms with E-state index in [0.29, 0.717) is 5.55 Å². The summed E-state index contributed by atoms with van der Waals surface area (Å²) in [6, 6.07) is 17.0. The van der Waals surface area contributed by atoms with Gasteiger partial charge in [0, 0.05) is 7.05 Å². The SMILES string of the molecule is Cn1c(=O)oc(=Nc2ccccc2)c2ccccc21. The van der Waals surface area contributed by atoms with E-state index in [1.54, 1.807) is 7.05 Å². The number of hydrogen-bond acceptors (Lipinski definition) is 3. The van der Waals surface area contributed by atoms with Crippen LogP contribution in [0.4, 0.5) is 5.69 Å². The van der Waals surface area contributed by atoms with E-state index in [1.165, 1.54) is 4.57 Å². The molecule has 2 aromatic carbocycles. The van der Waals surface area contributed by atoms with Crippen LogP contribution in [0.1, 0.15) is 0 Å². The molecule has 3 rings (SSSR count). The van der Waals surface area contributed by atoms with Gasteiger partial charge in [0.25, 0.3) is 0 Å². The third-order valence-corrected chi connectivity index (χ3v) is 2.94. The van der Waals surface area contributed by atoms with Crippen LogP contribution in [-0.4, -0.2) is 4.57 Å². The lowest BCUT2D eigenvalue weighted by Gasteiger charge is -2.02. The van der Waals surface area contributed by atoms with Crippen LogP contribution in [0, 0.1) is 0 Å². The van der Waals surface area contributed by atoms with Crippen molar-refractivity contribution < 1.29 is 4.42 Å². The molecule has 0 saturated carbocycles. The molecule has 0 aliphatic heterocycles. The Balaban J connectivity index is 2.40. The molecule has 0 spiro atoms. The third kappa shape index (κ3) is 2.08. The molecule has 0 fully saturated rings. The fraction of sp³-hybridized carbons (Fsp3) is 0.0667. The summed E-state index contributed by atoms with van der Waals surface area (Å²) in [6.07, 6.45) is 0. The molecular weight excluding hydrogens is 240 g/mol. The second-order valence-corrected chi connectivity index (χ2v) is 4.20. The topological polar surface area (TPSA) is 47.5 Å². The van der Waals surface area contributed by atoms with Crippen molar-refractivity contribution in [3.8, 4) is 0 Å². The van der Waals surface area contributed by atoms with E-state index >= 15 is 0 Å². The van der Waals surface area contributed by atoms with Crippen molar-refractivity contribution >= 4 is 16.6 Å². The number of rotatable bonds is 1. The van der Waals surface area contributed by atoms with Gasteiger partial charge >= 0.3 is 5.76 Å². The van der Waals surface area contributed by atoms with Gasteiger partial charge in [0.1, 0.15) is 0 Å². The Hall–Kier alpha value is -2.62. The van der Waals surface area contributed by atoms with Crippen LogP contribution in [0.3, 0.4) is 0 Å². The van der Waals surface area contributed by atoms with Crippen LogP contribution in [0.25, 0.3) is 10.9 Å². The van der Waals surface area contributed by atoms with Crippen LogP contribution in [0.5, 0.6) is 0 Å². The van der Waals surface area contributed by atoms with Gasteiger partial charge in [0.05, 0.1) is 16.6 Å². The van der Waals surface area contributed by atoms with E-state index in [9.17, 15) is 4.79 Å². The molecule has 0 amide bonds. The molecule has 94 valence electrons. The minimum absolute atomic E-state index is 0.338. The largest absolute Gasteiger partial charge is 0.420 e. The summed E-state index contributed by atoms with van der Waals surface area (Å²) in [4.78, 5) is 16.2. The van der Waals surface area contributed by atoms with Gasteiger partial charge in [-0.25, -0.2) is 9.79 Å². The Morgan fingerprint density at radius 1 is 1.00 bits per heavy atom. The molecule has 1 aromatic heterocycles. The molecule has 0 aliphatic rings. The van der Waals surface area contributed by atoms with Gasteiger partial charge in [0.15, 0.2) is 0 Å². The van der Waals surface area contributed by atoms with E-state index in [-0.39, 0.29) is 0 Å². The summed E-state index contributed by atoms with van der Waals surface area (Å²) in [5.41, 5.74) is 1.89. The number of aromatic nitrogens is 1. The standard InChI is InChI=1S/C15H12N2O2/c1-17-13-10-6-5-9-12(13)14(19-15(17)18)16-11-7-3-2-4-8-11/h2-10H,1H3. The quantitative estimate of drug-likeness (QED) is 0.667. The summed E-state index contributed by atoms with van der Waals surface area (Å²) in [6.45, 7) is 0. The Kier molecular flexibility index (Phi) is 2.76. The second kappa shape index (κ2) is 4.57. The summed E-state index contributed by atoms with van der Waals surface area (Å²) < 4.78 is 6.74. The van der Waals surface area contributed by atoms with Gasteiger partial charge < -0.3 is 4.42 Å². The van der Waals surface area contributed by atoms with Crippen LogP contribution in [0.2, 0.25) is 0 Å². The second-order valence-electron chi connectivity index (χ2n) is 4.20. The highest BCUT2D eigenvalue weighted by molar-refractivity contribution is 5.77. The minimum atomic E-state index is -0.423. The zero-order valence-electron chi connectivity index (χ0n) is 10.4. The molecule has 0 unspecified atom stereocenters. The van der Waals surface area contributed by atoms with Crippen molar-refractivity contribution in [1.29, 1.82) is 0 Å². The van der Waals surface area contributed by atoms with Crippen molar-refractivity contribution in [3.05, 3.63) is 70.7 Å². The molecule has 1 heterocycles. The van der Waals surface area contributed by atoms with Crippen LogP contribution in [-0.2, 0) is 7.05 Å². The monoisotopic (exact) mass is 252 g/mol. The van der Waals surface area contributed by atoms with Gasteiger partial charge in [-0.2, -0.15) is 0 Å². The number of aryl methyl sites for hydroxylation is 1. The maximum atomic E-state index is 11.8. The van der Waals surface area contributed by atoms with E-state index in [1.807, 2.05) is 54.6 Å². The Bertz CT molecular complexity index is 845. The van der Waals surface area contributed by atoms with Crippen molar-refractivity contribution in [2.45, 2.75) is 0 Å². The van der Waals surface area contributed by atoms with E-state index < -0.39 is 5.76 Å². The average Bonchev–Trinajstić information content (AvgIpc) is 2.46. The van der Waals surface area contributed by atoms with E-state index in [0.717, 1.165) is 16.6 Å². The molecule has 0 aliphatic carbocycles. The molecule has 0 saturated heterocycles. The Morgan fingerprint density at radius 3 is 2.47 bits per heavy atom. The first-order chi connectivity index (χ1) is 9.25. The zero-order chi connectivity index (χ0) is 13.2. The highest BCUT2D eigenvalue weighted by Crippen LogP contribution is 2.10. The Morgan fingerprint density at radius 2 is 1.68 bits per heavy atom. The molecule has 0 atom stereocenters. The predicted molar refractivity (Wildman–Crippen MR) is 73.1 cm³/mol. The summed E-state index contributed by atoms with van der Waals surface area (Å²) in [5, 5.41) is 0.813. The lowest BCUT2D eigenvalue weighted by atomic mass is 10.2. The number of nitrogens with zero attached hydrogens (tertiary/aromatic N) is 2. The van der Waals surface area contributed by atoms with Crippen molar-refractivity contribution in [3.63, 3.8) is 0 Å². The van der Waals surface area contributed by atoms with Crippen LogP contribution >= 0.6 is 0 Å². The molecule has 0 N–H and O–H groups in total. The zero-order valence-corrected chi connectivity index (χ0v) is 10.4. The molecule has 0 radical (unpaired) electrons. The van der Waals surface area contributed by atoms with Gasteiger partial charge in [-0.1, -0.05) is 30.3 Å². The van der Waals surface area contributed by atoms with Gasteiger partial charge in [-0.15, -0.1) is 0 Å². The summed E-state index contributed by atoms with van der Waals surface area (Å²) in [5.74, 6) is -0.423. The summed E-state index contributed by atoms with van der Waals surface area (Å²) in [7, 11) is 1.68. The van der Waals surface area contributed by atoms with E-state index in [2.05, 4.69) is 4.99 Å². The average molecular weight is 252 g/mol. The first-order valence-corrected chi connectivity index (χ1v) is 5.94. The van der Waals surface area contributed by atoms with Gasteiger partial charge in [-0.3, -0.25) is 4.57 Å². The Labute approximate surface area is 109 Å². The maximum Gasteiger partial charge on any atom is 0.420 e. The van der Waals surface area contributed by atoms with Crippen LogP contribution < -0.4 is 11.3 Å². The summed E-state index contributed by atoms with van der Waals surface area (Å²) >= 11 is 0. The molecule has 4 heteroatoms. The lowest BCUT2D eigenvalue weighted by molar-refractivity contribution is 0.423. The normalized spacial score (nSPS) is 11.9. The first kappa shape index (κ1) is 11.5. The molecule has 0 bridgehead atoms. The van der Waals surface area contributed by atoms with E-state index in [4.69, 9.17) is 4.42 Å². The fourth-order valence-electron chi connectivity index (χ4n) is 1.95. The minimum Gasteiger partial charge on any atom is -0.390 e. The maximum absolute atomic E-state index is 11.8. The number of benzene rings is 2. The molecule has 3 aromatic rings. The number of para-hydroxylation sites is 2.